The van der Waals surface area contributed by atoms with Gasteiger partial charge in [-0.1, -0.05) is 0 Å². The van der Waals surface area contributed by atoms with Crippen molar-refractivity contribution in [2.75, 3.05) is 27.3 Å². The zero-order chi connectivity index (χ0) is 12.9. The van der Waals surface area contributed by atoms with Crippen LogP contribution in [0.15, 0.2) is 16.3 Å². The van der Waals surface area contributed by atoms with Gasteiger partial charge in [-0.15, -0.1) is 11.3 Å². The van der Waals surface area contributed by atoms with Crippen molar-refractivity contribution in [2.24, 2.45) is 0 Å². The van der Waals surface area contributed by atoms with E-state index in [0.29, 0.717) is 24.4 Å². The molecule has 0 aromatic carbocycles. The Balaban J connectivity index is 2.80. The Kier molecular flexibility index (Phi) is 5.54. The summed E-state index contributed by atoms with van der Waals surface area (Å²) in [5.74, 6) is 0. The quantitative estimate of drug-likeness (QED) is 0.753. The summed E-state index contributed by atoms with van der Waals surface area (Å²) < 4.78 is 30.5. The topological polar surface area (TPSA) is 66.8 Å². The van der Waals surface area contributed by atoms with E-state index in [9.17, 15) is 8.42 Å². The molecule has 0 unspecified atom stereocenters. The molecule has 7 heteroatoms. The molecule has 0 aliphatic carbocycles. The maximum Gasteiger partial charge on any atom is 0.244 e. The maximum absolute atomic E-state index is 12.1. The normalized spacial score (nSPS) is 12.2. The van der Waals surface area contributed by atoms with Crippen molar-refractivity contribution in [2.45, 2.75) is 17.9 Å². The molecule has 0 spiro atoms. The molecule has 0 saturated heterocycles. The molecular weight excluding hydrogens is 262 g/mol. The molecule has 1 rings (SSSR count). The third-order valence-corrected chi connectivity index (χ3v) is 5.33. The van der Waals surface area contributed by atoms with Gasteiger partial charge in [0.15, 0.2) is 0 Å². The first kappa shape index (κ1) is 14.6. The number of thiophene rings is 1. The van der Waals surface area contributed by atoms with Gasteiger partial charge in [0.1, 0.15) is 0 Å². The van der Waals surface area contributed by atoms with Crippen LogP contribution >= 0.6 is 11.3 Å². The lowest BCUT2D eigenvalue weighted by atomic mass is 10.4. The Morgan fingerprint density at radius 1 is 1.53 bits per heavy atom. The monoisotopic (exact) mass is 279 g/mol. The zero-order valence-corrected chi connectivity index (χ0v) is 11.6. The highest BCUT2D eigenvalue weighted by Gasteiger charge is 2.24. The van der Waals surface area contributed by atoms with Gasteiger partial charge in [0.2, 0.25) is 10.0 Å². The maximum atomic E-state index is 12.1. The summed E-state index contributed by atoms with van der Waals surface area (Å²) in [6, 6.07) is 1.53. The number of hydrogen-bond donors (Lipinski definition) is 1. The minimum Gasteiger partial charge on any atom is -0.391 e. The van der Waals surface area contributed by atoms with E-state index in [1.807, 2.05) is 0 Å². The molecule has 0 radical (unpaired) electrons. The number of methoxy groups -OCH3 is 1. The van der Waals surface area contributed by atoms with Crippen molar-refractivity contribution < 1.29 is 18.3 Å². The van der Waals surface area contributed by atoms with Gasteiger partial charge in [0.25, 0.3) is 0 Å². The van der Waals surface area contributed by atoms with Crippen molar-refractivity contribution >= 4 is 21.4 Å². The van der Waals surface area contributed by atoms with Crippen LogP contribution in [0, 0.1) is 0 Å². The van der Waals surface area contributed by atoms with Gasteiger partial charge in [-0.3, -0.25) is 0 Å². The fourth-order valence-electron chi connectivity index (χ4n) is 1.39. The van der Waals surface area contributed by atoms with Crippen LogP contribution in [0.1, 0.15) is 11.3 Å². The van der Waals surface area contributed by atoms with Gasteiger partial charge in [0.05, 0.1) is 11.5 Å². The van der Waals surface area contributed by atoms with E-state index in [0.717, 1.165) is 0 Å². The summed E-state index contributed by atoms with van der Waals surface area (Å²) >= 11 is 1.24. The number of hydrogen-bond acceptors (Lipinski definition) is 5. The van der Waals surface area contributed by atoms with Crippen LogP contribution in [0.25, 0.3) is 0 Å². The van der Waals surface area contributed by atoms with Gasteiger partial charge in [-0.05, 0) is 17.9 Å². The van der Waals surface area contributed by atoms with Crippen LogP contribution in [0.5, 0.6) is 0 Å². The molecule has 0 aliphatic heterocycles. The SMILES string of the molecule is COCCCN(C)S(=O)(=O)c1ccsc1CO. The molecule has 5 nitrogen and oxygen atoms in total. The third kappa shape index (κ3) is 3.49. The molecule has 0 bridgehead atoms. The minimum absolute atomic E-state index is 0.199. The molecule has 1 aromatic heterocycles. The molecule has 98 valence electrons. The summed E-state index contributed by atoms with van der Waals surface area (Å²) in [6.45, 7) is 0.672. The molecule has 1 N–H and O–H groups in total. The molecule has 0 saturated carbocycles. The summed E-state index contributed by atoms with van der Waals surface area (Å²) in [5.41, 5.74) is 0. The third-order valence-electron chi connectivity index (χ3n) is 2.36. The predicted molar refractivity (Wildman–Crippen MR) is 66.6 cm³/mol. The molecule has 17 heavy (non-hydrogen) atoms. The van der Waals surface area contributed by atoms with E-state index in [-0.39, 0.29) is 11.5 Å². The van der Waals surface area contributed by atoms with Crippen LogP contribution in [0.2, 0.25) is 0 Å². The molecule has 0 aliphatic rings. The zero-order valence-electron chi connectivity index (χ0n) is 9.92. The minimum atomic E-state index is -3.49. The van der Waals surface area contributed by atoms with Gasteiger partial charge in [-0.25, -0.2) is 12.7 Å². The van der Waals surface area contributed by atoms with E-state index in [4.69, 9.17) is 9.84 Å². The van der Waals surface area contributed by atoms with Crippen LogP contribution in [-0.4, -0.2) is 45.1 Å². The number of rotatable bonds is 7. The highest BCUT2D eigenvalue weighted by atomic mass is 32.2. The second kappa shape index (κ2) is 6.46. The van der Waals surface area contributed by atoms with Crippen LogP contribution in [0.3, 0.4) is 0 Å². The smallest absolute Gasteiger partial charge is 0.244 e. The Bertz CT molecular complexity index is 441. The summed E-state index contributed by atoms with van der Waals surface area (Å²) in [5, 5.41) is 10.7. The van der Waals surface area contributed by atoms with Crippen LogP contribution < -0.4 is 0 Å². The lowest BCUT2D eigenvalue weighted by Gasteiger charge is -2.16. The second-order valence-corrected chi connectivity index (χ2v) is 6.55. The van der Waals surface area contributed by atoms with Gasteiger partial charge < -0.3 is 9.84 Å². The summed E-state index contributed by atoms with van der Waals surface area (Å²) in [6.07, 6.45) is 0.644. The Hall–Kier alpha value is -0.470. The molecule has 1 aromatic rings. The predicted octanol–water partition coefficient (Wildman–Crippen LogP) is 0.897. The fraction of sp³-hybridized carbons (Fsp3) is 0.600. The van der Waals surface area contributed by atoms with E-state index in [2.05, 4.69) is 0 Å². The highest BCUT2D eigenvalue weighted by molar-refractivity contribution is 7.89. The van der Waals surface area contributed by atoms with Crippen molar-refractivity contribution in [3.8, 4) is 0 Å². The fourth-order valence-corrected chi connectivity index (χ4v) is 3.86. The Morgan fingerprint density at radius 3 is 2.82 bits per heavy atom. The van der Waals surface area contributed by atoms with E-state index < -0.39 is 10.0 Å². The van der Waals surface area contributed by atoms with E-state index in [1.165, 1.54) is 28.8 Å². The largest absolute Gasteiger partial charge is 0.391 e. The number of sulfonamides is 1. The van der Waals surface area contributed by atoms with Crippen LogP contribution in [-0.2, 0) is 21.4 Å². The average molecular weight is 279 g/mol. The van der Waals surface area contributed by atoms with Crippen LogP contribution in [0.4, 0.5) is 0 Å². The number of aliphatic hydroxyl groups is 1. The number of ether oxygens (including phenoxy) is 1. The molecule has 0 atom stereocenters. The molecule has 0 fully saturated rings. The molecular formula is C10H17NO4S2. The lowest BCUT2D eigenvalue weighted by Crippen LogP contribution is -2.28. The summed E-state index contributed by atoms with van der Waals surface area (Å²) in [4.78, 5) is 0.675. The van der Waals surface area contributed by atoms with E-state index in [1.54, 1.807) is 12.5 Å². The second-order valence-electron chi connectivity index (χ2n) is 3.54. The first-order chi connectivity index (χ1) is 8.04. The van der Waals surface area contributed by atoms with Crippen molar-refractivity contribution in [3.63, 3.8) is 0 Å². The molecule has 1 heterocycles. The van der Waals surface area contributed by atoms with Crippen molar-refractivity contribution in [3.05, 3.63) is 16.3 Å². The molecule has 0 amide bonds. The van der Waals surface area contributed by atoms with Crippen molar-refractivity contribution in [1.82, 2.24) is 4.31 Å². The van der Waals surface area contributed by atoms with E-state index >= 15 is 0 Å². The number of nitrogens with zero attached hydrogens (tertiary/aromatic N) is 1. The first-order valence-corrected chi connectivity index (χ1v) is 7.48. The first-order valence-electron chi connectivity index (χ1n) is 5.16. The Labute approximate surface area is 106 Å². The van der Waals surface area contributed by atoms with Gasteiger partial charge in [-0.2, -0.15) is 0 Å². The van der Waals surface area contributed by atoms with Crippen molar-refractivity contribution in [1.29, 1.82) is 0 Å². The van der Waals surface area contributed by atoms with Gasteiger partial charge in [0, 0.05) is 32.2 Å². The summed E-state index contributed by atoms with van der Waals surface area (Å²) in [7, 11) is -0.379. The Morgan fingerprint density at radius 2 is 2.24 bits per heavy atom. The highest BCUT2D eigenvalue weighted by Crippen LogP contribution is 2.24. The number of aliphatic hydroxyl groups excluding tert-OH is 1. The standard InChI is InChI=1S/C10H17NO4S2/c1-11(5-3-6-15-2)17(13,14)10-4-7-16-9(10)8-12/h4,7,12H,3,5-6,8H2,1-2H3. The average Bonchev–Trinajstić information content (AvgIpc) is 2.77. The lowest BCUT2D eigenvalue weighted by molar-refractivity contribution is 0.189. The van der Waals surface area contributed by atoms with Gasteiger partial charge >= 0.3 is 0 Å².